The van der Waals surface area contributed by atoms with Gasteiger partial charge < -0.3 is 9.88 Å². The summed E-state index contributed by atoms with van der Waals surface area (Å²) in [5.41, 5.74) is 4.93. The third-order valence-corrected chi connectivity index (χ3v) is 5.79. The quantitative estimate of drug-likeness (QED) is 0.594. The molecule has 0 radical (unpaired) electrons. The molecule has 0 aliphatic heterocycles. The van der Waals surface area contributed by atoms with E-state index in [4.69, 9.17) is 12.2 Å². The predicted octanol–water partition coefficient (Wildman–Crippen LogP) is 5.69. The van der Waals surface area contributed by atoms with E-state index in [-0.39, 0.29) is 0 Å². The molecule has 4 heteroatoms. The monoisotopic (exact) mass is 354 g/mol. The Hall–Kier alpha value is -1.78. The number of nitrogens with zero attached hydrogens (tertiary/aromatic N) is 1. The number of rotatable bonds is 5. The molecular weight excluding hydrogens is 332 g/mol. The van der Waals surface area contributed by atoms with E-state index in [0.717, 1.165) is 23.2 Å². The van der Waals surface area contributed by atoms with E-state index < -0.39 is 0 Å². The van der Waals surface area contributed by atoms with E-state index in [1.54, 1.807) is 11.8 Å². The third-order valence-electron chi connectivity index (χ3n) is 4.24. The lowest BCUT2D eigenvalue weighted by Gasteiger charge is -2.20. The number of fused-ring (bicyclic) bond motifs is 1. The van der Waals surface area contributed by atoms with Crippen LogP contribution in [-0.2, 0) is 5.75 Å². The second kappa shape index (κ2) is 7.86. The van der Waals surface area contributed by atoms with Gasteiger partial charge in [-0.25, -0.2) is 0 Å². The molecule has 3 rings (SSSR count). The molecule has 0 spiro atoms. The molecule has 0 amide bonds. The molecule has 1 heterocycles. The zero-order chi connectivity index (χ0) is 16.9. The molecular formula is C20H22N2S2. The Morgan fingerprint density at radius 1 is 1.00 bits per heavy atom. The number of hydrogen-bond acceptors (Lipinski definition) is 2. The van der Waals surface area contributed by atoms with Crippen LogP contribution >= 0.6 is 24.0 Å². The largest absolute Gasteiger partial charge is 0.358 e. The summed E-state index contributed by atoms with van der Waals surface area (Å²) in [7, 11) is 0. The van der Waals surface area contributed by atoms with E-state index >= 15 is 0 Å². The van der Waals surface area contributed by atoms with Crippen LogP contribution in [0, 0.1) is 0 Å². The Morgan fingerprint density at radius 2 is 1.67 bits per heavy atom. The molecule has 0 atom stereocenters. The van der Waals surface area contributed by atoms with Crippen molar-refractivity contribution in [1.29, 1.82) is 0 Å². The smallest absolute Gasteiger partial charge is 0.136 e. The molecule has 0 fully saturated rings. The standard InChI is InChI=1S/C20H22N2S2/c1-3-22(4-2)20(23)24-14-17-16-12-8-9-13-18(16)21-19(17)15-10-6-5-7-11-15/h5-13,21H,3-4,14H2,1-2H3. The molecule has 24 heavy (non-hydrogen) atoms. The summed E-state index contributed by atoms with van der Waals surface area (Å²) in [5, 5.41) is 1.28. The zero-order valence-electron chi connectivity index (χ0n) is 14.1. The molecule has 1 aromatic heterocycles. The Kier molecular flexibility index (Phi) is 5.59. The van der Waals surface area contributed by atoms with Crippen LogP contribution in [0.1, 0.15) is 19.4 Å². The zero-order valence-corrected chi connectivity index (χ0v) is 15.7. The Bertz CT molecular complexity index is 820. The minimum Gasteiger partial charge on any atom is -0.358 e. The molecule has 0 aliphatic rings. The van der Waals surface area contributed by atoms with Crippen LogP contribution < -0.4 is 0 Å². The normalized spacial score (nSPS) is 10.9. The van der Waals surface area contributed by atoms with Gasteiger partial charge in [0.1, 0.15) is 4.32 Å². The number of para-hydroxylation sites is 1. The molecule has 0 aliphatic carbocycles. The predicted molar refractivity (Wildman–Crippen MR) is 111 cm³/mol. The van der Waals surface area contributed by atoms with Crippen molar-refractivity contribution >= 4 is 39.2 Å². The van der Waals surface area contributed by atoms with Crippen molar-refractivity contribution in [2.24, 2.45) is 0 Å². The second-order valence-electron chi connectivity index (χ2n) is 5.62. The topological polar surface area (TPSA) is 19.0 Å². The van der Waals surface area contributed by atoms with Crippen molar-refractivity contribution in [1.82, 2.24) is 9.88 Å². The van der Waals surface area contributed by atoms with Gasteiger partial charge in [0.15, 0.2) is 0 Å². The third kappa shape index (κ3) is 3.50. The first kappa shape index (κ1) is 17.1. The van der Waals surface area contributed by atoms with Gasteiger partial charge in [-0.1, -0.05) is 72.5 Å². The molecule has 124 valence electrons. The first-order valence-electron chi connectivity index (χ1n) is 8.31. The number of aromatic amines is 1. The highest BCUT2D eigenvalue weighted by Gasteiger charge is 2.15. The highest BCUT2D eigenvalue weighted by molar-refractivity contribution is 8.22. The first-order valence-corrected chi connectivity index (χ1v) is 9.70. The van der Waals surface area contributed by atoms with Gasteiger partial charge in [0, 0.05) is 29.7 Å². The van der Waals surface area contributed by atoms with Gasteiger partial charge >= 0.3 is 0 Å². The summed E-state index contributed by atoms with van der Waals surface area (Å²) in [5.74, 6) is 0.879. The Morgan fingerprint density at radius 3 is 2.38 bits per heavy atom. The first-order chi connectivity index (χ1) is 11.7. The van der Waals surface area contributed by atoms with Crippen molar-refractivity contribution in [2.75, 3.05) is 13.1 Å². The summed E-state index contributed by atoms with van der Waals surface area (Å²) in [4.78, 5) is 5.82. The summed E-state index contributed by atoms with van der Waals surface area (Å²) >= 11 is 7.36. The van der Waals surface area contributed by atoms with Crippen molar-refractivity contribution in [3.05, 3.63) is 60.2 Å². The number of thiocarbonyl (C=S) groups is 1. The molecule has 0 saturated carbocycles. The van der Waals surface area contributed by atoms with Gasteiger partial charge in [0.05, 0.1) is 5.69 Å². The summed E-state index contributed by atoms with van der Waals surface area (Å²) in [6, 6.07) is 19.0. The minimum absolute atomic E-state index is 0.879. The highest BCUT2D eigenvalue weighted by atomic mass is 32.2. The van der Waals surface area contributed by atoms with E-state index in [1.807, 2.05) is 0 Å². The maximum absolute atomic E-state index is 5.61. The lowest BCUT2D eigenvalue weighted by molar-refractivity contribution is 0.482. The molecule has 1 N–H and O–H groups in total. The molecule has 0 bridgehead atoms. The van der Waals surface area contributed by atoms with Crippen molar-refractivity contribution in [2.45, 2.75) is 19.6 Å². The summed E-state index contributed by atoms with van der Waals surface area (Å²) in [6.45, 7) is 6.22. The van der Waals surface area contributed by atoms with E-state index in [1.165, 1.54) is 27.7 Å². The Balaban J connectivity index is 1.95. The molecule has 0 saturated heterocycles. The van der Waals surface area contributed by atoms with Gasteiger partial charge in [-0.05, 0) is 31.0 Å². The van der Waals surface area contributed by atoms with Crippen molar-refractivity contribution in [3.63, 3.8) is 0 Å². The van der Waals surface area contributed by atoms with Crippen LogP contribution in [0.25, 0.3) is 22.2 Å². The number of thioether (sulfide) groups is 1. The number of H-pyrrole nitrogens is 1. The summed E-state index contributed by atoms with van der Waals surface area (Å²) < 4.78 is 0.976. The maximum Gasteiger partial charge on any atom is 0.136 e. The van der Waals surface area contributed by atoms with Crippen LogP contribution in [0.3, 0.4) is 0 Å². The average molecular weight is 355 g/mol. The van der Waals surface area contributed by atoms with Crippen LogP contribution in [0.2, 0.25) is 0 Å². The van der Waals surface area contributed by atoms with Gasteiger partial charge in [-0.15, -0.1) is 0 Å². The number of benzene rings is 2. The van der Waals surface area contributed by atoms with Gasteiger partial charge in [-0.3, -0.25) is 0 Å². The van der Waals surface area contributed by atoms with Gasteiger partial charge in [0.2, 0.25) is 0 Å². The highest BCUT2D eigenvalue weighted by Crippen LogP contribution is 2.33. The van der Waals surface area contributed by atoms with Gasteiger partial charge in [0.25, 0.3) is 0 Å². The fraction of sp³-hybridized carbons (Fsp3) is 0.250. The molecule has 2 nitrogen and oxygen atoms in total. The van der Waals surface area contributed by atoms with Crippen molar-refractivity contribution in [3.8, 4) is 11.3 Å². The molecule has 0 unspecified atom stereocenters. The maximum atomic E-state index is 5.61. The Labute approximate surface area is 153 Å². The molecule has 3 aromatic rings. The fourth-order valence-electron chi connectivity index (χ4n) is 2.91. The lowest BCUT2D eigenvalue weighted by Crippen LogP contribution is -2.26. The van der Waals surface area contributed by atoms with Crippen LogP contribution in [0.5, 0.6) is 0 Å². The van der Waals surface area contributed by atoms with Crippen molar-refractivity contribution < 1.29 is 0 Å². The number of hydrogen-bond donors (Lipinski definition) is 1. The number of nitrogens with one attached hydrogen (secondary N) is 1. The van der Waals surface area contributed by atoms with Crippen LogP contribution in [-0.4, -0.2) is 27.3 Å². The SMILES string of the molecule is CCN(CC)C(=S)SCc1c(-c2ccccc2)[nH]c2ccccc12. The second-order valence-corrected chi connectivity index (χ2v) is 7.23. The molecule has 2 aromatic carbocycles. The van der Waals surface area contributed by atoms with Crippen LogP contribution in [0.15, 0.2) is 54.6 Å². The number of aromatic nitrogens is 1. The van der Waals surface area contributed by atoms with E-state index in [9.17, 15) is 0 Å². The fourth-order valence-corrected chi connectivity index (χ4v) is 4.35. The minimum atomic E-state index is 0.879. The van der Waals surface area contributed by atoms with E-state index in [0.29, 0.717) is 0 Å². The van der Waals surface area contributed by atoms with Crippen LogP contribution in [0.4, 0.5) is 0 Å². The summed E-state index contributed by atoms with van der Waals surface area (Å²) in [6.07, 6.45) is 0. The average Bonchev–Trinajstić information content (AvgIpc) is 3.00. The van der Waals surface area contributed by atoms with Gasteiger partial charge in [-0.2, -0.15) is 0 Å². The lowest BCUT2D eigenvalue weighted by atomic mass is 10.1. The van der Waals surface area contributed by atoms with E-state index in [2.05, 4.69) is 78.3 Å².